The number of epoxide rings is 1. The number of hydrogen-bond donors (Lipinski definition) is 1. The molecular formula is C17H23NO2. The van der Waals surface area contributed by atoms with Gasteiger partial charge in [0.25, 0.3) is 0 Å². The minimum absolute atomic E-state index is 0.0414. The Morgan fingerprint density at radius 1 is 1.35 bits per heavy atom. The fourth-order valence-electron chi connectivity index (χ4n) is 2.93. The van der Waals surface area contributed by atoms with Crippen molar-refractivity contribution < 1.29 is 9.47 Å². The monoisotopic (exact) mass is 273 g/mol. The van der Waals surface area contributed by atoms with Crippen molar-refractivity contribution in [3.05, 3.63) is 35.6 Å². The molecule has 0 aromatic heterocycles. The molecule has 1 aromatic rings. The normalized spacial score (nSPS) is 23.4. The molecule has 0 unspecified atom stereocenters. The summed E-state index contributed by atoms with van der Waals surface area (Å²) in [7, 11) is 0. The smallest absolute Gasteiger partial charge is 0.165 e. The third-order valence-corrected chi connectivity index (χ3v) is 4.20. The maximum Gasteiger partial charge on any atom is 0.165 e. The third kappa shape index (κ3) is 2.83. The van der Waals surface area contributed by atoms with E-state index in [9.17, 15) is 0 Å². The lowest BCUT2D eigenvalue weighted by Gasteiger charge is -2.14. The van der Waals surface area contributed by atoms with Crippen LogP contribution in [0.3, 0.4) is 0 Å². The summed E-state index contributed by atoms with van der Waals surface area (Å²) in [6.07, 6.45) is 8.48. The molecule has 1 heterocycles. The van der Waals surface area contributed by atoms with E-state index in [0.29, 0.717) is 6.54 Å². The Bertz CT molecular complexity index is 503. The van der Waals surface area contributed by atoms with E-state index in [-0.39, 0.29) is 11.7 Å². The van der Waals surface area contributed by atoms with Crippen molar-refractivity contribution in [1.29, 1.82) is 0 Å². The zero-order chi connectivity index (χ0) is 14.0. The highest BCUT2D eigenvalue weighted by Crippen LogP contribution is 2.52. The average molecular weight is 273 g/mol. The van der Waals surface area contributed by atoms with E-state index in [4.69, 9.17) is 15.2 Å². The molecule has 1 aliphatic heterocycles. The summed E-state index contributed by atoms with van der Waals surface area (Å²) in [6, 6.07) is 8.13. The first-order valence-corrected chi connectivity index (χ1v) is 7.60. The second-order valence-electron chi connectivity index (χ2n) is 5.90. The molecule has 1 spiro atoms. The Labute approximate surface area is 120 Å². The number of rotatable bonds is 4. The van der Waals surface area contributed by atoms with Crippen LogP contribution >= 0.6 is 0 Å². The molecular weight excluding hydrogens is 250 g/mol. The van der Waals surface area contributed by atoms with Crippen LogP contribution in [0.1, 0.15) is 44.6 Å². The van der Waals surface area contributed by atoms with Crippen LogP contribution in [0.4, 0.5) is 0 Å². The Balaban J connectivity index is 1.70. The van der Waals surface area contributed by atoms with Crippen LogP contribution in [0.2, 0.25) is 0 Å². The number of benzene rings is 1. The van der Waals surface area contributed by atoms with Gasteiger partial charge in [-0.2, -0.15) is 0 Å². The fraction of sp³-hybridized carbons (Fsp3) is 0.529. The molecule has 3 rings (SSSR count). The van der Waals surface area contributed by atoms with Crippen molar-refractivity contribution >= 4 is 6.08 Å². The van der Waals surface area contributed by atoms with E-state index < -0.39 is 0 Å². The molecule has 20 heavy (non-hydrogen) atoms. The number of ether oxygens (including phenoxy) is 2. The lowest BCUT2D eigenvalue weighted by molar-refractivity contribution is 0.230. The van der Waals surface area contributed by atoms with E-state index >= 15 is 0 Å². The van der Waals surface area contributed by atoms with Crippen LogP contribution in [0.15, 0.2) is 30.0 Å². The van der Waals surface area contributed by atoms with Gasteiger partial charge in [-0.3, -0.25) is 0 Å². The molecule has 1 aliphatic carbocycles. The lowest BCUT2D eigenvalue weighted by Crippen LogP contribution is -2.22. The maximum absolute atomic E-state index is 5.89. The summed E-state index contributed by atoms with van der Waals surface area (Å²) >= 11 is 0. The fourth-order valence-corrected chi connectivity index (χ4v) is 2.93. The van der Waals surface area contributed by atoms with Gasteiger partial charge in [0.1, 0.15) is 17.6 Å². The molecule has 1 saturated heterocycles. The highest BCUT2D eigenvalue weighted by molar-refractivity contribution is 5.58. The van der Waals surface area contributed by atoms with Gasteiger partial charge in [0.2, 0.25) is 0 Å². The summed E-state index contributed by atoms with van der Waals surface area (Å²) in [5.41, 5.74) is 6.81. The molecule has 1 aromatic carbocycles. The van der Waals surface area contributed by atoms with Crippen molar-refractivity contribution in [3.8, 4) is 5.75 Å². The van der Waals surface area contributed by atoms with Crippen LogP contribution in [-0.4, -0.2) is 18.2 Å². The molecule has 0 radical (unpaired) electrons. The van der Waals surface area contributed by atoms with Gasteiger partial charge in [0, 0.05) is 6.54 Å². The predicted octanol–water partition coefficient (Wildman–Crippen LogP) is 3.49. The van der Waals surface area contributed by atoms with Crippen LogP contribution in [0.5, 0.6) is 5.75 Å². The van der Waals surface area contributed by atoms with Crippen molar-refractivity contribution in [2.45, 2.75) is 50.7 Å². The van der Waals surface area contributed by atoms with Gasteiger partial charge in [-0.25, -0.2) is 0 Å². The second kappa shape index (κ2) is 5.49. The molecule has 1 saturated carbocycles. The molecule has 3 heteroatoms. The van der Waals surface area contributed by atoms with E-state index in [0.717, 1.165) is 17.1 Å². The molecule has 0 bridgehead atoms. The molecule has 108 valence electrons. The summed E-state index contributed by atoms with van der Waals surface area (Å²) < 4.78 is 11.6. The van der Waals surface area contributed by atoms with Gasteiger partial charge in [-0.05, 0) is 56.4 Å². The summed E-state index contributed by atoms with van der Waals surface area (Å²) in [5, 5.41) is 0. The first-order chi connectivity index (χ1) is 9.72. The summed E-state index contributed by atoms with van der Waals surface area (Å²) in [6.45, 7) is 2.50. The van der Waals surface area contributed by atoms with Crippen LogP contribution in [0.25, 0.3) is 6.08 Å². The van der Waals surface area contributed by atoms with Crippen molar-refractivity contribution in [2.24, 2.45) is 5.73 Å². The Morgan fingerprint density at radius 2 is 2.15 bits per heavy atom. The van der Waals surface area contributed by atoms with E-state index in [1.54, 1.807) is 0 Å². The third-order valence-electron chi connectivity index (χ3n) is 4.20. The standard InChI is InChI=1S/C17H23NO2/c1-13(12-18)19-15-7-5-6-14(10-15)11-16-17(20-16)8-3-2-4-9-17/h5-7,10-11,13H,2-4,8-9,12,18H2,1H3/t13-/m0/s1. The Morgan fingerprint density at radius 3 is 2.90 bits per heavy atom. The largest absolute Gasteiger partial charge is 0.489 e. The van der Waals surface area contributed by atoms with Gasteiger partial charge in [-0.15, -0.1) is 0 Å². The summed E-state index contributed by atoms with van der Waals surface area (Å²) in [4.78, 5) is 0. The van der Waals surface area contributed by atoms with E-state index in [1.807, 2.05) is 19.1 Å². The van der Waals surface area contributed by atoms with Gasteiger partial charge < -0.3 is 15.2 Å². The van der Waals surface area contributed by atoms with Crippen molar-refractivity contribution in [3.63, 3.8) is 0 Å². The Hall–Kier alpha value is -1.48. The highest BCUT2D eigenvalue weighted by Gasteiger charge is 2.52. The predicted molar refractivity (Wildman–Crippen MR) is 80.5 cm³/mol. The van der Waals surface area contributed by atoms with Gasteiger partial charge in [0.05, 0.1) is 0 Å². The molecule has 0 amide bonds. The first-order valence-electron chi connectivity index (χ1n) is 7.60. The van der Waals surface area contributed by atoms with Crippen LogP contribution < -0.4 is 10.5 Å². The topological polar surface area (TPSA) is 47.8 Å². The Kier molecular flexibility index (Phi) is 3.70. The molecule has 2 fully saturated rings. The first kappa shape index (κ1) is 13.5. The maximum atomic E-state index is 5.89. The summed E-state index contributed by atoms with van der Waals surface area (Å²) in [5.74, 6) is 2.02. The van der Waals surface area contributed by atoms with Crippen LogP contribution in [-0.2, 0) is 4.74 Å². The SMILES string of the molecule is C[C@@H](CN)Oc1cccc(C=C2OC23CCCCC3)c1. The quantitative estimate of drug-likeness (QED) is 0.854. The van der Waals surface area contributed by atoms with Crippen molar-refractivity contribution in [1.82, 2.24) is 0 Å². The molecule has 2 N–H and O–H groups in total. The van der Waals surface area contributed by atoms with E-state index in [1.165, 1.54) is 32.1 Å². The minimum Gasteiger partial charge on any atom is -0.489 e. The number of nitrogens with two attached hydrogens (primary N) is 1. The van der Waals surface area contributed by atoms with Gasteiger partial charge in [-0.1, -0.05) is 18.6 Å². The van der Waals surface area contributed by atoms with Gasteiger partial charge in [0.15, 0.2) is 5.60 Å². The van der Waals surface area contributed by atoms with Crippen LogP contribution in [0, 0.1) is 0 Å². The average Bonchev–Trinajstić information content (AvgIpc) is 3.11. The van der Waals surface area contributed by atoms with Gasteiger partial charge >= 0.3 is 0 Å². The second-order valence-corrected chi connectivity index (χ2v) is 5.90. The molecule has 1 atom stereocenters. The molecule has 3 nitrogen and oxygen atoms in total. The van der Waals surface area contributed by atoms with E-state index in [2.05, 4.69) is 18.2 Å². The zero-order valence-electron chi connectivity index (χ0n) is 12.1. The lowest BCUT2D eigenvalue weighted by atomic mass is 9.88. The van der Waals surface area contributed by atoms with Crippen molar-refractivity contribution in [2.75, 3.05) is 6.54 Å². The number of hydrogen-bond acceptors (Lipinski definition) is 3. The highest BCUT2D eigenvalue weighted by atomic mass is 16.6. The molecule has 2 aliphatic rings. The zero-order valence-corrected chi connectivity index (χ0v) is 12.1. The minimum atomic E-state index is 0.0414.